The van der Waals surface area contributed by atoms with E-state index in [1.807, 2.05) is 30.2 Å². The minimum atomic E-state index is 0.658. The summed E-state index contributed by atoms with van der Waals surface area (Å²) >= 11 is 0. The number of aromatic nitrogens is 5. The standard InChI is InChI=1S/C17H19N7/c1-22-11-21-16-15(22)17(20-10-19-16)24-8-12-6-23(7-13(12)9-24)14-4-2-3-5-18-14/h2-5,10-13H,6-9H2,1H3. The van der Waals surface area contributed by atoms with Gasteiger partial charge in [-0.3, -0.25) is 0 Å². The van der Waals surface area contributed by atoms with Gasteiger partial charge in [-0.1, -0.05) is 6.07 Å². The summed E-state index contributed by atoms with van der Waals surface area (Å²) in [5, 5.41) is 0. The Bertz CT molecular complexity index is 861. The van der Waals surface area contributed by atoms with E-state index in [2.05, 4.69) is 41.9 Å². The molecule has 122 valence electrons. The third-order valence-electron chi connectivity index (χ3n) is 5.25. The summed E-state index contributed by atoms with van der Waals surface area (Å²) in [7, 11) is 2.00. The molecule has 7 heteroatoms. The van der Waals surface area contributed by atoms with Crippen LogP contribution in [0.2, 0.25) is 0 Å². The molecule has 5 heterocycles. The van der Waals surface area contributed by atoms with Gasteiger partial charge in [-0.25, -0.2) is 19.9 Å². The second-order valence-electron chi connectivity index (χ2n) is 6.74. The first kappa shape index (κ1) is 13.7. The van der Waals surface area contributed by atoms with Crippen molar-refractivity contribution in [2.24, 2.45) is 18.9 Å². The molecule has 0 bridgehead atoms. The van der Waals surface area contributed by atoms with Gasteiger partial charge >= 0.3 is 0 Å². The van der Waals surface area contributed by atoms with Crippen LogP contribution in [-0.4, -0.2) is 50.7 Å². The van der Waals surface area contributed by atoms with Gasteiger partial charge in [0.05, 0.1) is 6.33 Å². The fourth-order valence-corrected chi connectivity index (χ4v) is 4.09. The zero-order valence-electron chi connectivity index (χ0n) is 13.6. The fourth-order valence-electron chi connectivity index (χ4n) is 4.09. The van der Waals surface area contributed by atoms with Crippen molar-refractivity contribution in [3.05, 3.63) is 37.1 Å². The van der Waals surface area contributed by atoms with Crippen LogP contribution >= 0.6 is 0 Å². The molecular weight excluding hydrogens is 302 g/mol. The lowest BCUT2D eigenvalue weighted by Gasteiger charge is -2.23. The van der Waals surface area contributed by atoms with Crippen molar-refractivity contribution in [2.75, 3.05) is 36.0 Å². The van der Waals surface area contributed by atoms with Crippen molar-refractivity contribution in [2.45, 2.75) is 0 Å². The Hall–Kier alpha value is -2.70. The summed E-state index contributed by atoms with van der Waals surface area (Å²) in [6.07, 6.45) is 5.30. The van der Waals surface area contributed by atoms with E-state index in [0.717, 1.165) is 49.0 Å². The van der Waals surface area contributed by atoms with Crippen LogP contribution in [0.4, 0.5) is 11.6 Å². The molecule has 7 nitrogen and oxygen atoms in total. The number of fused-ring (bicyclic) bond motifs is 2. The molecule has 0 radical (unpaired) electrons. The molecule has 2 atom stereocenters. The van der Waals surface area contributed by atoms with Crippen LogP contribution in [0.15, 0.2) is 37.1 Å². The summed E-state index contributed by atoms with van der Waals surface area (Å²) in [6.45, 7) is 4.20. The third kappa shape index (κ3) is 2.04. The third-order valence-corrected chi connectivity index (χ3v) is 5.25. The van der Waals surface area contributed by atoms with Crippen LogP contribution < -0.4 is 9.80 Å². The Labute approximate surface area is 140 Å². The zero-order chi connectivity index (χ0) is 16.1. The predicted octanol–water partition coefficient (Wildman–Crippen LogP) is 1.33. The van der Waals surface area contributed by atoms with E-state index in [1.54, 1.807) is 6.33 Å². The van der Waals surface area contributed by atoms with Gasteiger partial charge < -0.3 is 14.4 Å². The summed E-state index contributed by atoms with van der Waals surface area (Å²) in [4.78, 5) is 22.5. The van der Waals surface area contributed by atoms with E-state index in [1.165, 1.54) is 0 Å². The van der Waals surface area contributed by atoms with Crippen LogP contribution in [-0.2, 0) is 7.05 Å². The van der Waals surface area contributed by atoms with Gasteiger partial charge in [0.2, 0.25) is 0 Å². The van der Waals surface area contributed by atoms with E-state index in [4.69, 9.17) is 0 Å². The Morgan fingerprint density at radius 3 is 2.46 bits per heavy atom. The molecule has 0 spiro atoms. The lowest BCUT2D eigenvalue weighted by atomic mass is 10.0. The molecule has 2 aliphatic heterocycles. The Balaban J connectivity index is 1.39. The summed E-state index contributed by atoms with van der Waals surface area (Å²) in [6, 6.07) is 6.13. The number of rotatable bonds is 2. The molecule has 0 saturated carbocycles. The average Bonchev–Trinajstić information content (AvgIpc) is 3.29. The highest BCUT2D eigenvalue weighted by atomic mass is 15.3. The van der Waals surface area contributed by atoms with E-state index < -0.39 is 0 Å². The predicted molar refractivity (Wildman–Crippen MR) is 91.9 cm³/mol. The Kier molecular flexibility index (Phi) is 2.95. The molecule has 0 amide bonds. The number of anilines is 2. The van der Waals surface area contributed by atoms with Crippen LogP contribution in [0, 0.1) is 11.8 Å². The molecule has 0 N–H and O–H groups in total. The summed E-state index contributed by atoms with van der Waals surface area (Å²) in [5.74, 6) is 3.42. The monoisotopic (exact) mass is 321 g/mol. The van der Waals surface area contributed by atoms with Gasteiger partial charge in [0.15, 0.2) is 11.5 Å². The van der Waals surface area contributed by atoms with Crippen LogP contribution in [0.3, 0.4) is 0 Å². The van der Waals surface area contributed by atoms with Crippen molar-refractivity contribution in [1.29, 1.82) is 0 Å². The van der Waals surface area contributed by atoms with Gasteiger partial charge in [0.25, 0.3) is 0 Å². The Morgan fingerprint density at radius 2 is 1.71 bits per heavy atom. The van der Waals surface area contributed by atoms with E-state index in [9.17, 15) is 0 Å². The van der Waals surface area contributed by atoms with Crippen molar-refractivity contribution in [3.8, 4) is 0 Å². The van der Waals surface area contributed by atoms with Gasteiger partial charge in [0.1, 0.15) is 17.7 Å². The zero-order valence-corrected chi connectivity index (χ0v) is 13.6. The number of hydrogen-bond acceptors (Lipinski definition) is 6. The topological polar surface area (TPSA) is 63.0 Å². The van der Waals surface area contributed by atoms with Gasteiger partial charge in [-0.15, -0.1) is 0 Å². The van der Waals surface area contributed by atoms with Crippen LogP contribution in [0.5, 0.6) is 0 Å². The molecule has 5 rings (SSSR count). The second-order valence-corrected chi connectivity index (χ2v) is 6.74. The molecule has 0 aliphatic carbocycles. The summed E-state index contributed by atoms with van der Waals surface area (Å²) in [5.41, 5.74) is 1.80. The van der Waals surface area contributed by atoms with Crippen LogP contribution in [0.1, 0.15) is 0 Å². The van der Waals surface area contributed by atoms with Crippen LogP contribution in [0.25, 0.3) is 11.2 Å². The first-order chi connectivity index (χ1) is 11.8. The maximum atomic E-state index is 4.55. The second kappa shape index (κ2) is 5.15. The van der Waals surface area contributed by atoms with E-state index in [-0.39, 0.29) is 0 Å². The highest BCUT2D eigenvalue weighted by Gasteiger charge is 2.41. The lowest BCUT2D eigenvalue weighted by molar-refractivity contribution is 0.533. The number of nitrogens with zero attached hydrogens (tertiary/aromatic N) is 7. The molecule has 2 fully saturated rings. The number of pyridine rings is 1. The Morgan fingerprint density at radius 1 is 0.917 bits per heavy atom. The molecule has 2 saturated heterocycles. The van der Waals surface area contributed by atoms with E-state index >= 15 is 0 Å². The van der Waals surface area contributed by atoms with Gasteiger partial charge in [0, 0.05) is 51.3 Å². The molecule has 24 heavy (non-hydrogen) atoms. The fraction of sp³-hybridized carbons (Fsp3) is 0.412. The average molecular weight is 321 g/mol. The highest BCUT2D eigenvalue weighted by molar-refractivity contribution is 5.83. The van der Waals surface area contributed by atoms with Crippen molar-refractivity contribution >= 4 is 22.8 Å². The lowest BCUT2D eigenvalue weighted by Crippen LogP contribution is -2.29. The van der Waals surface area contributed by atoms with Crippen molar-refractivity contribution < 1.29 is 0 Å². The minimum Gasteiger partial charge on any atom is -0.356 e. The molecule has 3 aromatic rings. The first-order valence-electron chi connectivity index (χ1n) is 8.32. The van der Waals surface area contributed by atoms with E-state index in [0.29, 0.717) is 11.8 Å². The molecule has 3 aromatic heterocycles. The molecule has 0 aromatic carbocycles. The number of aryl methyl sites for hydroxylation is 1. The van der Waals surface area contributed by atoms with Crippen molar-refractivity contribution in [1.82, 2.24) is 24.5 Å². The number of imidazole rings is 1. The molecule has 2 unspecified atom stereocenters. The maximum absolute atomic E-state index is 4.55. The van der Waals surface area contributed by atoms with Gasteiger partial charge in [-0.05, 0) is 12.1 Å². The normalized spacial score (nSPS) is 23.2. The molecular formula is C17H19N7. The minimum absolute atomic E-state index is 0.658. The van der Waals surface area contributed by atoms with Crippen molar-refractivity contribution in [3.63, 3.8) is 0 Å². The quantitative estimate of drug-likeness (QED) is 0.709. The number of hydrogen-bond donors (Lipinski definition) is 0. The summed E-state index contributed by atoms with van der Waals surface area (Å²) < 4.78 is 2.01. The SMILES string of the molecule is Cn1cnc2ncnc(N3CC4CN(c5ccccn5)CC4C3)c21. The molecule has 2 aliphatic rings. The highest BCUT2D eigenvalue weighted by Crippen LogP contribution is 2.36. The largest absolute Gasteiger partial charge is 0.356 e. The first-order valence-corrected chi connectivity index (χ1v) is 8.32. The smallest absolute Gasteiger partial charge is 0.182 e. The maximum Gasteiger partial charge on any atom is 0.182 e. The van der Waals surface area contributed by atoms with Gasteiger partial charge in [-0.2, -0.15) is 0 Å².